The van der Waals surface area contributed by atoms with Gasteiger partial charge in [-0.3, -0.25) is 18.4 Å². The summed E-state index contributed by atoms with van der Waals surface area (Å²) in [6, 6.07) is 7.29. The summed E-state index contributed by atoms with van der Waals surface area (Å²) in [7, 11) is -3.52. The third kappa shape index (κ3) is 8.00. The van der Waals surface area contributed by atoms with E-state index >= 15 is 0 Å². The number of hydrogen-bond acceptors (Lipinski definition) is 5. The average molecular weight is 385 g/mol. The SMILES string of the molecule is CCCC(CCC)C(=O)Nc1ccc(COP(=O)(OCC)OCC)cc1. The number of benzene rings is 1. The lowest BCUT2D eigenvalue weighted by Gasteiger charge is -2.17. The van der Waals surface area contributed by atoms with Crippen LogP contribution in [0, 0.1) is 5.92 Å². The van der Waals surface area contributed by atoms with Crippen molar-refractivity contribution in [2.75, 3.05) is 18.5 Å². The van der Waals surface area contributed by atoms with E-state index in [9.17, 15) is 9.36 Å². The van der Waals surface area contributed by atoms with E-state index in [1.807, 2.05) is 24.3 Å². The highest BCUT2D eigenvalue weighted by Crippen LogP contribution is 2.49. The number of nitrogens with one attached hydrogen (secondary N) is 1. The van der Waals surface area contributed by atoms with Gasteiger partial charge in [0.2, 0.25) is 5.91 Å². The second kappa shape index (κ2) is 12.2. The van der Waals surface area contributed by atoms with Gasteiger partial charge in [-0.05, 0) is 44.4 Å². The van der Waals surface area contributed by atoms with Crippen LogP contribution in [0.25, 0.3) is 0 Å². The molecular formula is C19H32NO5P. The van der Waals surface area contributed by atoms with Crippen molar-refractivity contribution in [3.05, 3.63) is 29.8 Å². The molecule has 1 amide bonds. The quantitative estimate of drug-likeness (QED) is 0.451. The van der Waals surface area contributed by atoms with Gasteiger partial charge in [0, 0.05) is 11.6 Å². The van der Waals surface area contributed by atoms with E-state index in [1.165, 1.54) is 0 Å². The van der Waals surface area contributed by atoms with E-state index in [1.54, 1.807) is 13.8 Å². The topological polar surface area (TPSA) is 73.9 Å². The zero-order valence-electron chi connectivity index (χ0n) is 16.3. The minimum absolute atomic E-state index is 0.0521. The van der Waals surface area contributed by atoms with E-state index in [-0.39, 0.29) is 31.6 Å². The van der Waals surface area contributed by atoms with Crippen LogP contribution in [-0.4, -0.2) is 19.1 Å². The second-order valence-corrected chi connectivity index (χ2v) is 7.69. The first-order valence-corrected chi connectivity index (χ1v) is 10.9. The molecule has 1 rings (SSSR count). The fraction of sp³-hybridized carbons (Fsp3) is 0.632. The fourth-order valence-electron chi connectivity index (χ4n) is 2.61. The smallest absolute Gasteiger partial charge is 0.326 e. The van der Waals surface area contributed by atoms with Crippen LogP contribution in [0.4, 0.5) is 5.69 Å². The summed E-state index contributed by atoms with van der Waals surface area (Å²) in [4.78, 5) is 12.4. The third-order valence-corrected chi connectivity index (χ3v) is 5.42. The largest absolute Gasteiger partial charge is 0.475 e. The maximum atomic E-state index is 12.4. The molecule has 0 bridgehead atoms. The second-order valence-electron chi connectivity index (χ2n) is 6.02. The molecule has 0 aliphatic heterocycles. The van der Waals surface area contributed by atoms with Gasteiger partial charge in [0.05, 0.1) is 19.8 Å². The molecule has 0 heterocycles. The molecule has 0 atom stereocenters. The molecule has 0 saturated heterocycles. The minimum Gasteiger partial charge on any atom is -0.326 e. The summed E-state index contributed by atoms with van der Waals surface area (Å²) in [5, 5.41) is 2.97. The van der Waals surface area contributed by atoms with Crippen LogP contribution in [0.1, 0.15) is 58.9 Å². The van der Waals surface area contributed by atoms with E-state index in [0.29, 0.717) is 0 Å². The van der Waals surface area contributed by atoms with Crippen LogP contribution < -0.4 is 5.32 Å². The van der Waals surface area contributed by atoms with Gasteiger partial charge in [-0.25, -0.2) is 4.57 Å². The molecule has 0 aliphatic carbocycles. The lowest BCUT2D eigenvalue weighted by molar-refractivity contribution is -0.120. The molecule has 0 spiro atoms. The van der Waals surface area contributed by atoms with Gasteiger partial charge < -0.3 is 5.32 Å². The highest BCUT2D eigenvalue weighted by Gasteiger charge is 2.25. The molecule has 6 nitrogen and oxygen atoms in total. The highest BCUT2D eigenvalue weighted by atomic mass is 31.2. The van der Waals surface area contributed by atoms with Crippen LogP contribution >= 0.6 is 7.82 Å². The fourth-order valence-corrected chi connectivity index (χ4v) is 3.78. The van der Waals surface area contributed by atoms with Crippen molar-refractivity contribution in [1.82, 2.24) is 0 Å². The van der Waals surface area contributed by atoms with Gasteiger partial charge in [0.15, 0.2) is 0 Å². The van der Waals surface area contributed by atoms with Crippen molar-refractivity contribution >= 4 is 19.4 Å². The van der Waals surface area contributed by atoms with Gasteiger partial charge in [-0.2, -0.15) is 0 Å². The van der Waals surface area contributed by atoms with E-state index in [4.69, 9.17) is 13.6 Å². The van der Waals surface area contributed by atoms with Gasteiger partial charge in [-0.15, -0.1) is 0 Å². The molecular weight excluding hydrogens is 353 g/mol. The molecule has 26 heavy (non-hydrogen) atoms. The predicted molar refractivity (Wildman–Crippen MR) is 104 cm³/mol. The number of carbonyl (C=O) groups is 1. The maximum Gasteiger partial charge on any atom is 0.475 e. The molecule has 1 N–H and O–H groups in total. The Bertz CT molecular complexity index is 560. The number of phosphoric acid groups is 1. The van der Waals surface area contributed by atoms with Crippen molar-refractivity contribution in [2.24, 2.45) is 5.92 Å². The number of phosphoric ester groups is 1. The number of amides is 1. The van der Waals surface area contributed by atoms with Gasteiger partial charge in [0.25, 0.3) is 0 Å². The Hall–Kier alpha value is -1.20. The molecule has 7 heteroatoms. The molecule has 1 aromatic rings. The normalized spacial score (nSPS) is 11.7. The van der Waals surface area contributed by atoms with Crippen LogP contribution in [0.5, 0.6) is 0 Å². The zero-order valence-corrected chi connectivity index (χ0v) is 17.2. The van der Waals surface area contributed by atoms with Crippen molar-refractivity contribution < 1.29 is 22.9 Å². The summed E-state index contributed by atoms with van der Waals surface area (Å²) in [5.41, 5.74) is 1.56. The zero-order chi connectivity index (χ0) is 19.4. The molecule has 0 aromatic heterocycles. The first kappa shape index (κ1) is 22.8. The Morgan fingerprint density at radius 2 is 1.50 bits per heavy atom. The summed E-state index contributed by atoms with van der Waals surface area (Å²) < 4.78 is 27.8. The number of anilines is 1. The Balaban J connectivity index is 2.62. The average Bonchev–Trinajstić information content (AvgIpc) is 2.61. The van der Waals surface area contributed by atoms with Crippen molar-refractivity contribution in [3.8, 4) is 0 Å². The monoisotopic (exact) mass is 385 g/mol. The number of hydrogen-bond donors (Lipinski definition) is 1. The van der Waals surface area contributed by atoms with Gasteiger partial charge in [0.1, 0.15) is 0 Å². The minimum atomic E-state index is -3.52. The van der Waals surface area contributed by atoms with Crippen molar-refractivity contribution in [2.45, 2.75) is 60.0 Å². The summed E-state index contributed by atoms with van der Waals surface area (Å²) >= 11 is 0. The molecule has 0 unspecified atom stereocenters. The van der Waals surface area contributed by atoms with Crippen molar-refractivity contribution in [1.29, 1.82) is 0 Å². The molecule has 0 radical (unpaired) electrons. The Kier molecular flexibility index (Phi) is 10.7. The number of carbonyl (C=O) groups excluding carboxylic acids is 1. The molecule has 0 saturated carbocycles. The van der Waals surface area contributed by atoms with Crippen LogP contribution in [0.15, 0.2) is 24.3 Å². The van der Waals surface area contributed by atoms with E-state index < -0.39 is 7.82 Å². The summed E-state index contributed by atoms with van der Waals surface area (Å²) in [6.45, 7) is 8.26. The Morgan fingerprint density at radius 1 is 0.962 bits per heavy atom. The maximum absolute atomic E-state index is 12.4. The van der Waals surface area contributed by atoms with Gasteiger partial charge in [-0.1, -0.05) is 38.8 Å². The third-order valence-electron chi connectivity index (χ3n) is 3.83. The molecule has 0 aliphatic rings. The first-order valence-electron chi connectivity index (χ1n) is 9.41. The predicted octanol–water partition coefficient (Wildman–Crippen LogP) is 5.54. The molecule has 148 valence electrons. The van der Waals surface area contributed by atoms with E-state index in [0.717, 1.165) is 36.9 Å². The number of rotatable bonds is 13. The Labute approximate surface area is 157 Å². The van der Waals surface area contributed by atoms with Gasteiger partial charge >= 0.3 is 7.82 Å². The van der Waals surface area contributed by atoms with E-state index in [2.05, 4.69) is 19.2 Å². The lowest BCUT2D eigenvalue weighted by atomic mass is 9.97. The summed E-state index contributed by atoms with van der Waals surface area (Å²) in [5.74, 6) is 0.117. The van der Waals surface area contributed by atoms with Crippen LogP contribution in [0.3, 0.4) is 0 Å². The van der Waals surface area contributed by atoms with Crippen LogP contribution in [-0.2, 0) is 29.5 Å². The van der Waals surface area contributed by atoms with Crippen LogP contribution in [0.2, 0.25) is 0 Å². The molecule has 1 aromatic carbocycles. The van der Waals surface area contributed by atoms with Crippen molar-refractivity contribution in [3.63, 3.8) is 0 Å². The molecule has 0 fully saturated rings. The Morgan fingerprint density at radius 3 is 1.96 bits per heavy atom. The lowest BCUT2D eigenvalue weighted by Crippen LogP contribution is -2.22. The summed E-state index contributed by atoms with van der Waals surface area (Å²) in [6.07, 6.45) is 3.79. The standard InChI is InChI=1S/C19H32NO5P/c1-5-9-17(10-6-2)19(21)20-18-13-11-16(12-14-18)15-25-26(22,23-7-3)24-8-4/h11-14,17H,5-10,15H2,1-4H3,(H,20,21). The first-order chi connectivity index (χ1) is 12.5. The highest BCUT2D eigenvalue weighted by molar-refractivity contribution is 7.48.